The first-order valence-electron chi connectivity index (χ1n) is 8.35. The van der Waals surface area contributed by atoms with Crippen molar-refractivity contribution in [3.63, 3.8) is 0 Å². The van der Waals surface area contributed by atoms with Gasteiger partial charge in [-0.3, -0.25) is 4.79 Å². The highest BCUT2D eigenvalue weighted by Gasteiger charge is 2.21. The van der Waals surface area contributed by atoms with E-state index in [4.69, 9.17) is 0 Å². The summed E-state index contributed by atoms with van der Waals surface area (Å²) in [5.41, 5.74) is 2.39. The Hall–Kier alpha value is -1.51. The quantitative estimate of drug-likeness (QED) is 0.892. The first-order valence-corrected chi connectivity index (χ1v) is 8.35. The van der Waals surface area contributed by atoms with Gasteiger partial charge in [-0.15, -0.1) is 0 Å². The van der Waals surface area contributed by atoms with Crippen molar-refractivity contribution in [3.05, 3.63) is 29.8 Å². The van der Waals surface area contributed by atoms with Crippen LogP contribution in [0.5, 0.6) is 0 Å². The van der Waals surface area contributed by atoms with Gasteiger partial charge in [0.1, 0.15) is 6.04 Å². The van der Waals surface area contributed by atoms with Crippen molar-refractivity contribution >= 4 is 11.6 Å². The maximum atomic E-state index is 12.5. The maximum absolute atomic E-state index is 12.5. The molecule has 1 aliphatic heterocycles. The highest BCUT2D eigenvalue weighted by atomic mass is 16.2. The van der Waals surface area contributed by atoms with E-state index in [1.54, 1.807) is 0 Å². The Balaban J connectivity index is 1.90. The lowest BCUT2D eigenvalue weighted by Crippen LogP contribution is -2.41. The van der Waals surface area contributed by atoms with Crippen LogP contribution in [0.15, 0.2) is 24.3 Å². The van der Waals surface area contributed by atoms with Crippen LogP contribution in [0.4, 0.5) is 5.69 Å². The number of nitrogens with one attached hydrogen (secondary N) is 1. The zero-order chi connectivity index (χ0) is 15.1. The lowest BCUT2D eigenvalue weighted by molar-refractivity contribution is -0.131. The molecule has 1 fully saturated rings. The fraction of sp³-hybridized carbons (Fsp3) is 0.611. The fourth-order valence-electron chi connectivity index (χ4n) is 2.93. The molecule has 3 heteroatoms. The molecule has 2 rings (SSSR count). The van der Waals surface area contributed by atoms with Crippen molar-refractivity contribution in [1.29, 1.82) is 0 Å². The SMILES string of the molecule is CCCc1ccc(NC(C)C(=O)N2CCCCCC2)cc1. The molecule has 1 N–H and O–H groups in total. The van der Waals surface area contributed by atoms with Gasteiger partial charge < -0.3 is 10.2 Å². The van der Waals surface area contributed by atoms with Crippen LogP contribution in [0.3, 0.4) is 0 Å². The number of hydrogen-bond donors (Lipinski definition) is 1. The summed E-state index contributed by atoms with van der Waals surface area (Å²) >= 11 is 0. The molecular formula is C18H28N2O. The molecule has 1 atom stereocenters. The second kappa shape index (κ2) is 8.06. The Morgan fingerprint density at radius 2 is 1.76 bits per heavy atom. The van der Waals surface area contributed by atoms with Gasteiger partial charge in [0.15, 0.2) is 0 Å². The molecule has 0 aromatic heterocycles. The lowest BCUT2D eigenvalue weighted by Gasteiger charge is -2.25. The molecule has 0 saturated carbocycles. The van der Waals surface area contributed by atoms with Gasteiger partial charge in [0.05, 0.1) is 0 Å². The second-order valence-corrected chi connectivity index (χ2v) is 6.05. The summed E-state index contributed by atoms with van der Waals surface area (Å²) in [7, 11) is 0. The molecule has 3 nitrogen and oxygen atoms in total. The summed E-state index contributed by atoms with van der Waals surface area (Å²) in [6, 6.07) is 8.30. The van der Waals surface area contributed by atoms with Gasteiger partial charge >= 0.3 is 0 Å². The van der Waals surface area contributed by atoms with Crippen LogP contribution in [0, 0.1) is 0 Å². The number of hydrogen-bond acceptors (Lipinski definition) is 2. The Bertz CT molecular complexity index is 433. The molecule has 1 aromatic carbocycles. The van der Waals surface area contributed by atoms with Crippen LogP contribution in [-0.4, -0.2) is 29.9 Å². The molecule has 1 heterocycles. The predicted molar refractivity (Wildman–Crippen MR) is 88.6 cm³/mol. The van der Waals surface area contributed by atoms with Crippen molar-refractivity contribution in [2.24, 2.45) is 0 Å². The summed E-state index contributed by atoms with van der Waals surface area (Å²) in [6.07, 6.45) is 7.07. The van der Waals surface area contributed by atoms with Gasteiger partial charge in [-0.25, -0.2) is 0 Å². The fourth-order valence-corrected chi connectivity index (χ4v) is 2.93. The number of benzene rings is 1. The molecule has 21 heavy (non-hydrogen) atoms. The average Bonchev–Trinajstić information content (AvgIpc) is 2.78. The molecule has 116 valence electrons. The predicted octanol–water partition coefficient (Wildman–Crippen LogP) is 3.84. The van der Waals surface area contributed by atoms with Gasteiger partial charge in [-0.2, -0.15) is 0 Å². The van der Waals surface area contributed by atoms with Crippen LogP contribution < -0.4 is 5.32 Å². The number of carbonyl (C=O) groups excluding carboxylic acids is 1. The minimum Gasteiger partial charge on any atom is -0.374 e. The number of nitrogens with zero attached hydrogens (tertiary/aromatic N) is 1. The van der Waals surface area contributed by atoms with Crippen molar-refractivity contribution in [3.8, 4) is 0 Å². The van der Waals surface area contributed by atoms with Crippen LogP contribution in [0.1, 0.15) is 51.5 Å². The van der Waals surface area contributed by atoms with Crippen LogP contribution in [-0.2, 0) is 11.2 Å². The summed E-state index contributed by atoms with van der Waals surface area (Å²) in [4.78, 5) is 14.5. The highest BCUT2D eigenvalue weighted by Crippen LogP contribution is 2.15. The number of amides is 1. The number of likely N-dealkylation sites (tertiary alicyclic amines) is 1. The third-order valence-electron chi connectivity index (χ3n) is 4.16. The maximum Gasteiger partial charge on any atom is 0.244 e. The molecule has 1 aromatic rings. The van der Waals surface area contributed by atoms with Gasteiger partial charge in [0, 0.05) is 18.8 Å². The molecule has 0 bridgehead atoms. The molecule has 0 spiro atoms. The molecule has 0 aliphatic carbocycles. The number of aryl methyl sites for hydroxylation is 1. The molecule has 0 radical (unpaired) electrons. The first kappa shape index (κ1) is 15.9. The number of rotatable bonds is 5. The van der Waals surface area contributed by atoms with Crippen LogP contribution in [0.25, 0.3) is 0 Å². The Kier molecular flexibility index (Phi) is 6.09. The van der Waals surface area contributed by atoms with Gasteiger partial charge in [0.2, 0.25) is 5.91 Å². The Morgan fingerprint density at radius 3 is 2.33 bits per heavy atom. The van der Waals surface area contributed by atoms with Crippen molar-refractivity contribution in [2.45, 2.75) is 58.4 Å². The molecule has 1 saturated heterocycles. The van der Waals surface area contributed by atoms with Crippen LogP contribution in [0.2, 0.25) is 0 Å². The number of anilines is 1. The van der Waals surface area contributed by atoms with Gasteiger partial charge in [0.25, 0.3) is 0 Å². The second-order valence-electron chi connectivity index (χ2n) is 6.05. The van der Waals surface area contributed by atoms with E-state index in [0.29, 0.717) is 0 Å². The first-order chi connectivity index (χ1) is 10.2. The van der Waals surface area contributed by atoms with Gasteiger partial charge in [-0.05, 0) is 43.9 Å². The van der Waals surface area contributed by atoms with E-state index in [1.807, 2.05) is 11.8 Å². The van der Waals surface area contributed by atoms with E-state index >= 15 is 0 Å². The monoisotopic (exact) mass is 288 g/mol. The van der Waals surface area contributed by atoms with E-state index in [2.05, 4.69) is 36.5 Å². The summed E-state index contributed by atoms with van der Waals surface area (Å²) in [6.45, 7) is 5.99. The largest absolute Gasteiger partial charge is 0.374 e. The zero-order valence-electron chi connectivity index (χ0n) is 13.4. The topological polar surface area (TPSA) is 32.3 Å². The molecule has 1 aliphatic rings. The van der Waals surface area contributed by atoms with E-state index in [-0.39, 0.29) is 11.9 Å². The lowest BCUT2D eigenvalue weighted by atomic mass is 10.1. The van der Waals surface area contributed by atoms with Gasteiger partial charge in [-0.1, -0.05) is 38.3 Å². The van der Waals surface area contributed by atoms with E-state index < -0.39 is 0 Å². The van der Waals surface area contributed by atoms with Crippen molar-refractivity contribution < 1.29 is 4.79 Å². The van der Waals surface area contributed by atoms with E-state index in [0.717, 1.165) is 44.5 Å². The minimum atomic E-state index is -0.153. The average molecular weight is 288 g/mol. The summed E-state index contributed by atoms with van der Waals surface area (Å²) in [5.74, 6) is 0.231. The third kappa shape index (κ3) is 4.76. The minimum absolute atomic E-state index is 0.153. The molecule has 1 amide bonds. The summed E-state index contributed by atoms with van der Waals surface area (Å²) < 4.78 is 0. The van der Waals surface area contributed by atoms with Crippen molar-refractivity contribution in [1.82, 2.24) is 4.90 Å². The smallest absolute Gasteiger partial charge is 0.244 e. The van der Waals surface area contributed by atoms with Crippen molar-refractivity contribution in [2.75, 3.05) is 18.4 Å². The zero-order valence-corrected chi connectivity index (χ0v) is 13.4. The highest BCUT2D eigenvalue weighted by molar-refractivity contribution is 5.84. The van der Waals surface area contributed by atoms with E-state index in [1.165, 1.54) is 18.4 Å². The van der Waals surface area contributed by atoms with E-state index in [9.17, 15) is 4.79 Å². The molecular weight excluding hydrogens is 260 g/mol. The van der Waals surface area contributed by atoms with Crippen LogP contribution >= 0.6 is 0 Å². The number of carbonyl (C=O) groups is 1. The standard InChI is InChI=1S/C18H28N2O/c1-3-8-16-9-11-17(12-10-16)19-15(2)18(21)20-13-6-4-5-7-14-20/h9-12,15,19H,3-8,13-14H2,1-2H3. The summed E-state index contributed by atoms with van der Waals surface area (Å²) in [5, 5.41) is 3.34. The Labute approximate surface area is 128 Å². The molecule has 1 unspecified atom stereocenters. The normalized spacial score (nSPS) is 17.1. The third-order valence-corrected chi connectivity index (χ3v) is 4.16. The Morgan fingerprint density at radius 1 is 1.14 bits per heavy atom.